The number of hydrogen-bond donors (Lipinski definition) is 1. The lowest BCUT2D eigenvalue weighted by molar-refractivity contribution is 0.553. The van der Waals surface area contributed by atoms with Crippen LogP contribution in [-0.2, 0) is 22.0 Å². The molecule has 0 spiro atoms. The molecule has 1 aromatic heterocycles. The summed E-state index contributed by atoms with van der Waals surface area (Å²) in [6.45, 7) is 2.00. The van der Waals surface area contributed by atoms with Crippen LogP contribution >= 0.6 is 11.3 Å². The first-order valence-electron chi connectivity index (χ1n) is 6.84. The van der Waals surface area contributed by atoms with Crippen LogP contribution in [0.4, 0.5) is 4.39 Å². The summed E-state index contributed by atoms with van der Waals surface area (Å²) in [7, 11) is -3.53. The van der Waals surface area contributed by atoms with Gasteiger partial charge in [-0.25, -0.2) is 12.8 Å². The van der Waals surface area contributed by atoms with Gasteiger partial charge in [0.1, 0.15) is 10.0 Å². The average Bonchev–Trinajstić information content (AvgIpc) is 3.05. The highest BCUT2D eigenvalue weighted by atomic mass is 32.2. The van der Waals surface area contributed by atoms with Crippen LogP contribution < -0.4 is 4.72 Å². The normalized spacial score (nSPS) is 16.9. The Morgan fingerprint density at radius 1 is 1.19 bits per heavy atom. The minimum atomic E-state index is -3.53. The third-order valence-corrected chi connectivity index (χ3v) is 6.98. The summed E-state index contributed by atoms with van der Waals surface area (Å²) < 4.78 is 41.1. The van der Waals surface area contributed by atoms with Crippen molar-refractivity contribution in [3.05, 3.63) is 52.7 Å². The van der Waals surface area contributed by atoms with Gasteiger partial charge in [0, 0.05) is 4.88 Å². The van der Waals surface area contributed by atoms with Crippen LogP contribution in [0.15, 0.2) is 40.6 Å². The van der Waals surface area contributed by atoms with Crippen molar-refractivity contribution in [1.29, 1.82) is 0 Å². The Labute approximate surface area is 127 Å². The molecule has 0 saturated heterocycles. The average molecular weight is 325 g/mol. The molecule has 2 aromatic rings. The third-order valence-electron chi connectivity index (χ3n) is 3.73. The van der Waals surface area contributed by atoms with E-state index < -0.39 is 15.6 Å². The fourth-order valence-corrected chi connectivity index (χ4v) is 5.09. The first-order chi connectivity index (χ1) is 9.95. The van der Waals surface area contributed by atoms with Crippen molar-refractivity contribution < 1.29 is 12.8 Å². The lowest BCUT2D eigenvalue weighted by atomic mass is 10.1. The van der Waals surface area contributed by atoms with Crippen molar-refractivity contribution in [2.24, 2.45) is 0 Å². The van der Waals surface area contributed by atoms with Gasteiger partial charge in [-0.05, 0) is 49.1 Å². The maximum Gasteiger partial charge on any atom is 0.250 e. The molecule has 1 fully saturated rings. The Hall–Kier alpha value is -1.24. The van der Waals surface area contributed by atoms with Crippen LogP contribution in [-0.4, -0.2) is 8.42 Å². The number of thiophene rings is 1. The molecule has 0 aliphatic heterocycles. The first kappa shape index (κ1) is 14.7. The number of aryl methyl sites for hydroxylation is 1. The molecule has 3 rings (SSSR count). The Bertz CT molecular complexity index is 746. The second-order valence-corrected chi connectivity index (χ2v) is 8.35. The molecule has 0 radical (unpaired) electrons. The van der Waals surface area contributed by atoms with Crippen molar-refractivity contribution in [3.8, 4) is 0 Å². The number of rotatable bonds is 5. The maximum atomic E-state index is 13.0. The second-order valence-electron chi connectivity index (χ2n) is 5.27. The lowest BCUT2D eigenvalue weighted by Crippen LogP contribution is -2.34. The monoisotopic (exact) mass is 325 g/mol. The van der Waals surface area contributed by atoms with Crippen molar-refractivity contribution in [2.75, 3.05) is 0 Å². The van der Waals surface area contributed by atoms with Gasteiger partial charge in [0.05, 0.1) is 5.54 Å². The first-order valence-corrected chi connectivity index (χ1v) is 9.14. The summed E-state index contributed by atoms with van der Waals surface area (Å²) in [4.78, 5) is 1.04. The molecule has 0 atom stereocenters. The summed E-state index contributed by atoms with van der Waals surface area (Å²) in [5.41, 5.74) is 0.253. The third kappa shape index (κ3) is 2.88. The lowest BCUT2D eigenvalue weighted by Gasteiger charge is -2.17. The molecular formula is C15H16FNO2S2. The molecule has 3 nitrogen and oxygen atoms in total. The summed E-state index contributed by atoms with van der Waals surface area (Å²) in [5.74, 6) is -0.316. The molecular weight excluding hydrogens is 309 g/mol. The SMILES string of the molecule is CCc1ccc(S(=O)(=O)NC2(c3ccc(F)cc3)CC2)s1. The quantitative estimate of drug-likeness (QED) is 0.915. The Kier molecular flexibility index (Phi) is 3.63. The van der Waals surface area contributed by atoms with Gasteiger partial charge in [-0.1, -0.05) is 19.1 Å². The van der Waals surface area contributed by atoms with E-state index in [-0.39, 0.29) is 5.82 Å². The van der Waals surface area contributed by atoms with Gasteiger partial charge in [-0.3, -0.25) is 0 Å². The minimum Gasteiger partial charge on any atom is -0.207 e. The second kappa shape index (κ2) is 5.19. The Morgan fingerprint density at radius 3 is 2.38 bits per heavy atom. The molecule has 0 unspecified atom stereocenters. The van der Waals surface area contributed by atoms with Crippen molar-refractivity contribution in [3.63, 3.8) is 0 Å². The fourth-order valence-electron chi connectivity index (χ4n) is 2.34. The number of sulfonamides is 1. The number of halogens is 1. The van der Waals surface area contributed by atoms with Crippen LogP contribution in [0, 0.1) is 5.82 Å². The van der Waals surface area contributed by atoms with Gasteiger partial charge < -0.3 is 0 Å². The Balaban J connectivity index is 1.86. The molecule has 0 bridgehead atoms. The van der Waals surface area contributed by atoms with Crippen LogP contribution in [0.2, 0.25) is 0 Å². The summed E-state index contributed by atoms with van der Waals surface area (Å²) in [5, 5.41) is 0. The fraction of sp³-hybridized carbons (Fsp3) is 0.333. The molecule has 112 valence electrons. The summed E-state index contributed by atoms with van der Waals surface area (Å²) in [6.07, 6.45) is 2.30. The molecule has 0 amide bonds. The molecule has 1 aliphatic carbocycles. The molecule has 1 saturated carbocycles. The molecule has 1 N–H and O–H groups in total. The highest BCUT2D eigenvalue weighted by molar-refractivity contribution is 7.91. The van der Waals surface area contributed by atoms with E-state index in [1.54, 1.807) is 18.2 Å². The molecule has 1 aromatic carbocycles. The van der Waals surface area contributed by atoms with E-state index in [1.807, 2.05) is 13.0 Å². The van der Waals surface area contributed by atoms with Gasteiger partial charge in [0.25, 0.3) is 10.0 Å². The smallest absolute Gasteiger partial charge is 0.207 e. The van der Waals surface area contributed by atoms with E-state index in [0.717, 1.165) is 29.7 Å². The van der Waals surface area contributed by atoms with Crippen LogP contribution in [0.25, 0.3) is 0 Å². The van der Waals surface area contributed by atoms with Crippen LogP contribution in [0.1, 0.15) is 30.2 Å². The molecule has 21 heavy (non-hydrogen) atoms. The standard InChI is InChI=1S/C15H16FNO2S2/c1-2-13-7-8-14(20-13)21(18,19)17-15(9-10-15)11-3-5-12(16)6-4-11/h3-8,17H,2,9-10H2,1H3. The Morgan fingerprint density at radius 2 is 1.86 bits per heavy atom. The maximum absolute atomic E-state index is 13.0. The van der Waals surface area contributed by atoms with E-state index in [4.69, 9.17) is 0 Å². The summed E-state index contributed by atoms with van der Waals surface area (Å²) >= 11 is 1.30. The van der Waals surface area contributed by atoms with Gasteiger partial charge in [0.15, 0.2) is 0 Å². The summed E-state index contributed by atoms with van der Waals surface area (Å²) in [6, 6.07) is 9.52. The zero-order chi connectivity index (χ0) is 15.1. The van der Waals surface area contributed by atoms with E-state index in [1.165, 1.54) is 23.5 Å². The molecule has 1 heterocycles. The highest BCUT2D eigenvalue weighted by Crippen LogP contribution is 2.46. The zero-order valence-electron chi connectivity index (χ0n) is 11.6. The van der Waals surface area contributed by atoms with E-state index in [0.29, 0.717) is 4.21 Å². The highest BCUT2D eigenvalue weighted by Gasteiger charge is 2.47. The van der Waals surface area contributed by atoms with Gasteiger partial charge >= 0.3 is 0 Å². The number of nitrogens with one attached hydrogen (secondary N) is 1. The van der Waals surface area contributed by atoms with Gasteiger partial charge in [-0.15, -0.1) is 11.3 Å². The van der Waals surface area contributed by atoms with Crippen molar-refractivity contribution in [2.45, 2.75) is 35.9 Å². The number of hydrogen-bond acceptors (Lipinski definition) is 3. The predicted molar refractivity (Wildman–Crippen MR) is 81.3 cm³/mol. The minimum absolute atomic E-state index is 0.316. The molecule has 1 aliphatic rings. The van der Waals surface area contributed by atoms with Crippen molar-refractivity contribution >= 4 is 21.4 Å². The van der Waals surface area contributed by atoms with Gasteiger partial charge in [0.2, 0.25) is 0 Å². The van der Waals surface area contributed by atoms with Gasteiger partial charge in [-0.2, -0.15) is 4.72 Å². The van der Waals surface area contributed by atoms with Crippen LogP contribution in [0.3, 0.4) is 0 Å². The predicted octanol–water partition coefficient (Wildman–Crippen LogP) is 3.42. The zero-order valence-corrected chi connectivity index (χ0v) is 13.2. The topological polar surface area (TPSA) is 46.2 Å². The largest absolute Gasteiger partial charge is 0.250 e. The number of benzene rings is 1. The van der Waals surface area contributed by atoms with Crippen LogP contribution in [0.5, 0.6) is 0 Å². The van der Waals surface area contributed by atoms with Crippen molar-refractivity contribution in [1.82, 2.24) is 4.72 Å². The van der Waals surface area contributed by atoms with E-state index >= 15 is 0 Å². The molecule has 6 heteroatoms. The van der Waals surface area contributed by atoms with E-state index in [9.17, 15) is 12.8 Å². The van der Waals surface area contributed by atoms with E-state index in [2.05, 4.69) is 4.72 Å².